The number of hydrogen-bond acceptors (Lipinski definition) is 6. The number of phenols is 2. The van der Waals surface area contributed by atoms with Crippen LogP contribution in [-0.2, 0) is 0 Å². The fourth-order valence-corrected chi connectivity index (χ4v) is 2.70. The van der Waals surface area contributed by atoms with Crippen molar-refractivity contribution in [3.05, 3.63) is 52.7 Å². The van der Waals surface area contributed by atoms with E-state index < -0.39 is 11.2 Å². The molecule has 1 aromatic heterocycles. The Labute approximate surface area is 150 Å². The molecular weight excluding hydrogens is 334 g/mol. The molecule has 0 atom stereocenters. The molecule has 0 saturated heterocycles. The number of rotatable bonds is 6. The summed E-state index contributed by atoms with van der Waals surface area (Å²) in [5.74, 6) is -0.550. The van der Waals surface area contributed by atoms with Crippen LogP contribution in [0.25, 0.3) is 22.3 Å². The first-order chi connectivity index (χ1) is 12.5. The fourth-order valence-electron chi connectivity index (χ4n) is 2.70. The number of hydrogen-bond donors (Lipinski definition) is 2. The zero-order valence-corrected chi connectivity index (χ0v) is 14.7. The van der Waals surface area contributed by atoms with Gasteiger partial charge in [-0.15, -0.1) is 0 Å². The van der Waals surface area contributed by atoms with Gasteiger partial charge in [0.1, 0.15) is 11.0 Å². The van der Waals surface area contributed by atoms with Crippen molar-refractivity contribution >= 4 is 11.0 Å². The van der Waals surface area contributed by atoms with Crippen LogP contribution in [0, 0.1) is 0 Å². The Balaban J connectivity index is 2.13. The van der Waals surface area contributed by atoms with Crippen LogP contribution in [0.5, 0.6) is 17.2 Å². The Morgan fingerprint density at radius 3 is 2.50 bits per heavy atom. The lowest BCUT2D eigenvalue weighted by Gasteiger charge is -2.14. The number of ether oxygens (including phenoxy) is 1. The van der Waals surface area contributed by atoms with E-state index in [1.54, 1.807) is 0 Å². The van der Waals surface area contributed by atoms with Gasteiger partial charge in [0.2, 0.25) is 11.2 Å². The highest BCUT2D eigenvalue weighted by atomic mass is 16.5. The molecule has 0 unspecified atom stereocenters. The molecule has 0 saturated carbocycles. The molecule has 2 aromatic carbocycles. The summed E-state index contributed by atoms with van der Waals surface area (Å²) in [6.07, 6.45) is 0.727. The van der Waals surface area contributed by atoms with Gasteiger partial charge >= 0.3 is 0 Å². The highest BCUT2D eigenvalue weighted by Gasteiger charge is 2.21. The van der Waals surface area contributed by atoms with Gasteiger partial charge in [0, 0.05) is 12.1 Å². The molecule has 2 N–H and O–H groups in total. The molecule has 6 nitrogen and oxygen atoms in total. The molecule has 0 aliphatic heterocycles. The quantitative estimate of drug-likeness (QED) is 0.522. The van der Waals surface area contributed by atoms with E-state index in [2.05, 4.69) is 0 Å². The summed E-state index contributed by atoms with van der Waals surface area (Å²) in [7, 11) is 3.92. The highest BCUT2D eigenvalue weighted by molar-refractivity contribution is 5.89. The second-order valence-corrected chi connectivity index (χ2v) is 6.27. The molecule has 0 radical (unpaired) electrons. The minimum absolute atomic E-state index is 0.0309. The van der Waals surface area contributed by atoms with Gasteiger partial charge in [0.15, 0.2) is 17.3 Å². The van der Waals surface area contributed by atoms with E-state index in [1.807, 2.05) is 49.3 Å². The number of nitrogens with zero attached hydrogens (tertiary/aromatic N) is 1. The SMILES string of the molecule is CN(C)CCCOc1c(-c2ccccc2)oc2ccc(O)c(O)c2c1=O. The third-order valence-corrected chi connectivity index (χ3v) is 4.00. The van der Waals surface area contributed by atoms with E-state index in [-0.39, 0.29) is 22.5 Å². The fraction of sp³-hybridized carbons (Fsp3) is 0.250. The lowest BCUT2D eigenvalue weighted by atomic mass is 10.1. The number of benzene rings is 2. The lowest BCUT2D eigenvalue weighted by molar-refractivity contribution is 0.276. The number of fused-ring (bicyclic) bond motifs is 1. The minimum atomic E-state index is -0.511. The number of phenolic OH excluding ortho intramolecular Hbond substituents is 2. The molecule has 136 valence electrons. The van der Waals surface area contributed by atoms with Crippen molar-refractivity contribution < 1.29 is 19.4 Å². The highest BCUT2D eigenvalue weighted by Crippen LogP contribution is 2.37. The van der Waals surface area contributed by atoms with Crippen molar-refractivity contribution in [2.24, 2.45) is 0 Å². The first kappa shape index (κ1) is 17.8. The van der Waals surface area contributed by atoms with Gasteiger partial charge in [0.25, 0.3) is 0 Å². The average molecular weight is 355 g/mol. The van der Waals surface area contributed by atoms with E-state index in [4.69, 9.17) is 9.15 Å². The van der Waals surface area contributed by atoms with E-state index in [0.29, 0.717) is 17.9 Å². The van der Waals surface area contributed by atoms with Crippen LogP contribution in [-0.4, -0.2) is 42.4 Å². The third-order valence-electron chi connectivity index (χ3n) is 4.00. The molecule has 0 aliphatic carbocycles. The summed E-state index contributed by atoms with van der Waals surface area (Å²) >= 11 is 0. The predicted molar refractivity (Wildman–Crippen MR) is 99.9 cm³/mol. The van der Waals surface area contributed by atoms with Crippen LogP contribution >= 0.6 is 0 Å². The van der Waals surface area contributed by atoms with Gasteiger partial charge in [-0.05, 0) is 32.6 Å². The Morgan fingerprint density at radius 2 is 1.81 bits per heavy atom. The standard InChI is InChI=1S/C20H21NO5/c1-21(2)11-6-12-25-20-18(24)16-15(10-9-14(22)17(16)23)26-19(20)13-7-4-3-5-8-13/h3-5,7-10,22-23H,6,11-12H2,1-2H3. The van der Waals surface area contributed by atoms with Crippen LogP contribution in [0.1, 0.15) is 6.42 Å². The molecule has 0 amide bonds. The predicted octanol–water partition coefficient (Wildman–Crippen LogP) is 3.20. The van der Waals surface area contributed by atoms with Crippen molar-refractivity contribution in [3.63, 3.8) is 0 Å². The van der Waals surface area contributed by atoms with Crippen LogP contribution < -0.4 is 10.2 Å². The first-order valence-corrected chi connectivity index (χ1v) is 8.33. The lowest BCUT2D eigenvalue weighted by Crippen LogP contribution is -2.17. The normalized spacial score (nSPS) is 11.2. The zero-order valence-electron chi connectivity index (χ0n) is 14.7. The minimum Gasteiger partial charge on any atom is -0.504 e. The van der Waals surface area contributed by atoms with E-state index >= 15 is 0 Å². The van der Waals surface area contributed by atoms with E-state index in [1.165, 1.54) is 12.1 Å². The van der Waals surface area contributed by atoms with Crippen LogP contribution in [0.15, 0.2) is 51.7 Å². The maximum absolute atomic E-state index is 13.0. The molecule has 3 aromatic rings. The molecule has 0 aliphatic rings. The summed E-state index contributed by atoms with van der Waals surface area (Å²) in [5.41, 5.74) is 0.370. The van der Waals surface area contributed by atoms with Crippen molar-refractivity contribution in [2.75, 3.05) is 27.2 Å². The second-order valence-electron chi connectivity index (χ2n) is 6.27. The number of aromatic hydroxyl groups is 2. The largest absolute Gasteiger partial charge is 0.504 e. The van der Waals surface area contributed by atoms with Gasteiger partial charge in [0.05, 0.1) is 6.61 Å². The topological polar surface area (TPSA) is 83.1 Å². The van der Waals surface area contributed by atoms with E-state index in [0.717, 1.165) is 13.0 Å². The summed E-state index contributed by atoms with van der Waals surface area (Å²) < 4.78 is 11.6. The van der Waals surface area contributed by atoms with Crippen molar-refractivity contribution in [1.29, 1.82) is 0 Å². The van der Waals surface area contributed by atoms with Crippen LogP contribution in [0.3, 0.4) is 0 Å². The Hall–Kier alpha value is -2.99. The summed E-state index contributed by atoms with van der Waals surface area (Å²) in [4.78, 5) is 15.0. The average Bonchev–Trinajstić information content (AvgIpc) is 2.63. The van der Waals surface area contributed by atoms with Crippen molar-refractivity contribution in [2.45, 2.75) is 6.42 Å². The molecule has 3 rings (SSSR count). The van der Waals surface area contributed by atoms with Crippen molar-refractivity contribution in [1.82, 2.24) is 4.90 Å². The van der Waals surface area contributed by atoms with Crippen molar-refractivity contribution in [3.8, 4) is 28.6 Å². The van der Waals surface area contributed by atoms with E-state index in [9.17, 15) is 15.0 Å². The third kappa shape index (κ3) is 3.50. The second kappa shape index (κ2) is 7.49. The Bertz CT molecular complexity index is 963. The molecule has 6 heteroatoms. The zero-order chi connectivity index (χ0) is 18.7. The molecule has 0 fully saturated rings. The molecule has 0 spiro atoms. The van der Waals surface area contributed by atoms with Crippen LogP contribution in [0.2, 0.25) is 0 Å². The van der Waals surface area contributed by atoms with Gasteiger partial charge in [-0.1, -0.05) is 30.3 Å². The Kier molecular flexibility index (Phi) is 5.14. The molecule has 1 heterocycles. The van der Waals surface area contributed by atoms with Gasteiger partial charge in [-0.25, -0.2) is 0 Å². The Morgan fingerprint density at radius 1 is 1.08 bits per heavy atom. The molecule has 0 bridgehead atoms. The maximum atomic E-state index is 13.0. The van der Waals surface area contributed by atoms with Gasteiger partial charge in [-0.2, -0.15) is 0 Å². The maximum Gasteiger partial charge on any atom is 0.239 e. The molecule has 26 heavy (non-hydrogen) atoms. The smallest absolute Gasteiger partial charge is 0.239 e. The summed E-state index contributed by atoms with van der Waals surface area (Å²) in [6.45, 7) is 1.14. The summed E-state index contributed by atoms with van der Waals surface area (Å²) in [5, 5.41) is 19.7. The monoisotopic (exact) mass is 355 g/mol. The van der Waals surface area contributed by atoms with Crippen LogP contribution in [0.4, 0.5) is 0 Å². The summed E-state index contributed by atoms with van der Waals surface area (Å²) in [6, 6.07) is 11.9. The first-order valence-electron chi connectivity index (χ1n) is 8.33. The molecular formula is C20H21NO5. The van der Waals surface area contributed by atoms with Gasteiger partial charge in [-0.3, -0.25) is 4.79 Å². The van der Waals surface area contributed by atoms with Gasteiger partial charge < -0.3 is 24.3 Å².